The molecule has 1 saturated heterocycles. The van der Waals surface area contributed by atoms with Crippen LogP contribution in [0.15, 0.2) is 18.5 Å². The molecule has 0 radical (unpaired) electrons. The van der Waals surface area contributed by atoms with E-state index in [0.29, 0.717) is 5.52 Å². The van der Waals surface area contributed by atoms with E-state index in [9.17, 15) is 20.3 Å². The van der Waals surface area contributed by atoms with E-state index in [4.69, 9.17) is 19.9 Å². The second kappa shape index (κ2) is 7.09. The summed E-state index contributed by atoms with van der Waals surface area (Å²) in [5, 5.41) is 35.0. The first-order chi connectivity index (χ1) is 14.2. The molecule has 1 aliphatic heterocycles. The van der Waals surface area contributed by atoms with Crippen molar-refractivity contribution in [2.45, 2.75) is 56.7 Å². The van der Waals surface area contributed by atoms with Crippen LogP contribution >= 0.6 is 0 Å². The minimum absolute atomic E-state index is 0.138. The first kappa shape index (κ1) is 20.3. The van der Waals surface area contributed by atoms with Crippen molar-refractivity contribution < 1.29 is 29.2 Å². The van der Waals surface area contributed by atoms with Crippen molar-refractivity contribution in [2.24, 2.45) is 5.41 Å². The third kappa shape index (κ3) is 3.23. The fourth-order valence-electron chi connectivity index (χ4n) is 4.13. The zero-order valence-electron chi connectivity index (χ0n) is 16.6. The number of nitrogens with zero attached hydrogens (tertiary/aromatic N) is 4. The molecule has 2 aromatic rings. The van der Waals surface area contributed by atoms with E-state index in [1.54, 1.807) is 6.07 Å². The summed E-state index contributed by atoms with van der Waals surface area (Å²) in [7, 11) is 0. The molecular formula is C19H23N5O6. The molecule has 2 aromatic heterocycles. The quantitative estimate of drug-likeness (QED) is 0.596. The number of ether oxygens (including phenoxy) is 3. The Morgan fingerprint density at radius 3 is 2.83 bits per heavy atom. The van der Waals surface area contributed by atoms with Crippen molar-refractivity contribution >= 4 is 17.5 Å². The molecule has 1 aliphatic carbocycles. The van der Waals surface area contributed by atoms with Gasteiger partial charge >= 0.3 is 6.16 Å². The average Bonchev–Trinajstić information content (AvgIpc) is 3.21. The Balaban J connectivity index is 1.48. The van der Waals surface area contributed by atoms with Gasteiger partial charge in [0.05, 0.1) is 5.69 Å². The summed E-state index contributed by atoms with van der Waals surface area (Å²) in [6.45, 7) is 3.76. The zero-order chi connectivity index (χ0) is 21.7. The maximum atomic E-state index is 11.9. The van der Waals surface area contributed by atoms with Gasteiger partial charge in [-0.05, 0) is 30.4 Å². The molecule has 0 amide bonds. The highest BCUT2D eigenvalue weighted by molar-refractivity contribution is 5.66. The highest BCUT2D eigenvalue weighted by Crippen LogP contribution is 2.42. The van der Waals surface area contributed by atoms with E-state index < -0.39 is 36.7 Å². The van der Waals surface area contributed by atoms with Crippen LogP contribution in [0.1, 0.15) is 32.4 Å². The first-order valence-corrected chi connectivity index (χ1v) is 9.54. The molecule has 4 N–H and O–H groups in total. The predicted octanol–water partition coefficient (Wildman–Crippen LogP) is 0.493. The number of anilines is 1. The van der Waals surface area contributed by atoms with Crippen molar-refractivity contribution in [2.75, 3.05) is 12.3 Å². The molecule has 11 heteroatoms. The lowest BCUT2D eigenvalue weighted by Crippen LogP contribution is -2.41. The molecule has 0 spiro atoms. The van der Waals surface area contributed by atoms with Crippen LogP contribution in [0, 0.1) is 16.7 Å². The molecule has 11 nitrogen and oxygen atoms in total. The van der Waals surface area contributed by atoms with Crippen LogP contribution in [0.5, 0.6) is 0 Å². The molecule has 0 aromatic carbocycles. The summed E-state index contributed by atoms with van der Waals surface area (Å²) in [6, 6.07) is 5.01. The summed E-state index contributed by atoms with van der Waals surface area (Å²) >= 11 is 0. The lowest BCUT2D eigenvalue weighted by molar-refractivity contribution is -0.0875. The van der Waals surface area contributed by atoms with Gasteiger partial charge in [-0.1, -0.05) is 13.8 Å². The Bertz CT molecular complexity index is 1010. The van der Waals surface area contributed by atoms with E-state index >= 15 is 0 Å². The number of hydrogen-bond acceptors (Lipinski definition) is 10. The zero-order valence-corrected chi connectivity index (χ0v) is 16.6. The maximum absolute atomic E-state index is 11.9. The average molecular weight is 417 g/mol. The molecule has 0 unspecified atom stereocenters. The minimum atomic E-state index is -1.94. The predicted molar refractivity (Wildman–Crippen MR) is 101 cm³/mol. The number of nitrogens with two attached hydrogens (primary N) is 1. The Kier molecular flexibility index (Phi) is 4.80. The van der Waals surface area contributed by atoms with Gasteiger partial charge < -0.3 is 30.2 Å². The minimum Gasteiger partial charge on any atom is -0.431 e. The van der Waals surface area contributed by atoms with Crippen LogP contribution in [-0.4, -0.2) is 62.0 Å². The smallest absolute Gasteiger partial charge is 0.431 e. The summed E-state index contributed by atoms with van der Waals surface area (Å²) in [6.07, 6.45) is -2.65. The fourth-order valence-corrected chi connectivity index (χ4v) is 4.13. The highest BCUT2D eigenvalue weighted by atomic mass is 16.7. The third-order valence-corrected chi connectivity index (χ3v) is 5.68. The normalized spacial score (nSPS) is 30.6. The number of rotatable bonds is 4. The number of fused-ring (bicyclic) bond motifs is 1. The van der Waals surface area contributed by atoms with Crippen LogP contribution in [-0.2, 0) is 19.8 Å². The summed E-state index contributed by atoms with van der Waals surface area (Å²) in [5.41, 5.74) is 4.60. The van der Waals surface area contributed by atoms with Gasteiger partial charge in [-0.15, -0.1) is 0 Å². The van der Waals surface area contributed by atoms with Crippen molar-refractivity contribution in [3.63, 3.8) is 0 Å². The number of hydrogen-bond donors (Lipinski definition) is 3. The maximum Gasteiger partial charge on any atom is 0.508 e. The van der Waals surface area contributed by atoms with Gasteiger partial charge in [0.25, 0.3) is 0 Å². The van der Waals surface area contributed by atoms with Gasteiger partial charge in [-0.2, -0.15) is 10.4 Å². The number of nitriles is 1. The third-order valence-electron chi connectivity index (χ3n) is 5.68. The van der Waals surface area contributed by atoms with E-state index in [2.05, 4.69) is 23.9 Å². The molecule has 2 fully saturated rings. The molecule has 3 heterocycles. The molecule has 4 rings (SSSR count). The van der Waals surface area contributed by atoms with Crippen LogP contribution in [0.3, 0.4) is 0 Å². The van der Waals surface area contributed by atoms with Crippen molar-refractivity contribution in [3.05, 3.63) is 24.2 Å². The summed E-state index contributed by atoms with van der Waals surface area (Å²) in [4.78, 5) is 15.8. The van der Waals surface area contributed by atoms with Crippen LogP contribution in [0.25, 0.3) is 5.52 Å². The van der Waals surface area contributed by atoms with Crippen LogP contribution in [0.4, 0.5) is 10.6 Å². The summed E-state index contributed by atoms with van der Waals surface area (Å²) in [5.74, 6) is 0.180. The number of aromatic nitrogens is 3. The number of carbonyl (C=O) groups excluding carboxylic acids is 1. The topological polar surface area (TPSA) is 165 Å². The second-order valence-corrected chi connectivity index (χ2v) is 8.47. The number of carbonyl (C=O) groups is 1. The van der Waals surface area contributed by atoms with Crippen molar-refractivity contribution in [3.8, 4) is 6.07 Å². The summed E-state index contributed by atoms with van der Waals surface area (Å²) < 4.78 is 17.3. The molecule has 4 atom stereocenters. The van der Waals surface area contributed by atoms with Gasteiger partial charge in [0.1, 0.15) is 48.9 Å². The Hall–Kier alpha value is -2.94. The molecule has 30 heavy (non-hydrogen) atoms. The number of aliphatic hydroxyl groups is 2. The lowest BCUT2D eigenvalue weighted by Gasteiger charge is -2.41. The largest absolute Gasteiger partial charge is 0.508 e. The first-order valence-electron chi connectivity index (χ1n) is 9.54. The SMILES string of the molecule is CC1(C)CC(OC(=O)OC[C@H]2O[C@@](C#N)(c3ccc4c(N)ncnn34)[C@H](O)[C@@H]2O)C1. The highest BCUT2D eigenvalue weighted by Gasteiger charge is 2.58. The standard InChI is InChI=1S/C19H23N5O6/c1-18(2)5-10(6-18)29-17(27)28-7-12-14(25)15(26)19(8-20,30-12)13-4-3-11-16(21)22-9-23-24(11)13/h3-4,9-10,12,14-15,25-26H,5-7H2,1-2H3,(H2,21,22,23)/t12-,14-,15-,19+/m1/s1. The van der Waals surface area contributed by atoms with E-state index in [1.807, 2.05) is 6.07 Å². The second-order valence-electron chi connectivity index (χ2n) is 8.47. The van der Waals surface area contributed by atoms with E-state index in [0.717, 1.165) is 12.8 Å². The van der Waals surface area contributed by atoms with E-state index in [-0.39, 0.29) is 23.0 Å². The van der Waals surface area contributed by atoms with Gasteiger partial charge in [-0.25, -0.2) is 14.3 Å². The van der Waals surface area contributed by atoms with Crippen molar-refractivity contribution in [1.29, 1.82) is 5.26 Å². The number of aliphatic hydroxyl groups excluding tert-OH is 2. The Morgan fingerprint density at radius 2 is 2.17 bits per heavy atom. The lowest BCUT2D eigenvalue weighted by atomic mass is 9.70. The number of nitrogen functional groups attached to an aromatic ring is 1. The molecule has 0 bridgehead atoms. The molecule has 160 valence electrons. The monoisotopic (exact) mass is 417 g/mol. The van der Waals surface area contributed by atoms with E-state index in [1.165, 1.54) is 16.9 Å². The Labute approximate surface area is 172 Å². The van der Waals surface area contributed by atoms with Gasteiger partial charge in [0, 0.05) is 0 Å². The van der Waals surface area contributed by atoms with Crippen LogP contribution in [0.2, 0.25) is 0 Å². The van der Waals surface area contributed by atoms with Crippen LogP contribution < -0.4 is 5.73 Å². The van der Waals surface area contributed by atoms with Crippen molar-refractivity contribution in [1.82, 2.24) is 14.6 Å². The van der Waals surface area contributed by atoms with Gasteiger partial charge in [0.2, 0.25) is 5.60 Å². The van der Waals surface area contributed by atoms with Gasteiger partial charge in [0.15, 0.2) is 5.82 Å². The molecule has 1 saturated carbocycles. The molecular weight excluding hydrogens is 394 g/mol. The fraction of sp³-hybridized carbons (Fsp3) is 0.579. The van der Waals surface area contributed by atoms with Gasteiger partial charge in [-0.3, -0.25) is 0 Å². The Morgan fingerprint density at radius 1 is 1.43 bits per heavy atom. The molecule has 2 aliphatic rings.